The van der Waals surface area contributed by atoms with E-state index >= 15 is 0 Å². The number of rotatable bonds is 6. The van der Waals surface area contributed by atoms with Gasteiger partial charge in [0, 0.05) is 6.54 Å². The summed E-state index contributed by atoms with van der Waals surface area (Å²) in [6.07, 6.45) is 0. The van der Waals surface area contributed by atoms with E-state index in [2.05, 4.69) is 10.1 Å². The fourth-order valence-corrected chi connectivity index (χ4v) is 1.28. The van der Waals surface area contributed by atoms with Gasteiger partial charge in [-0.1, -0.05) is 19.1 Å². The van der Waals surface area contributed by atoms with Crippen molar-refractivity contribution in [2.45, 2.75) is 13.5 Å². The Balaban J connectivity index is 2.74. The van der Waals surface area contributed by atoms with Crippen LogP contribution in [0.15, 0.2) is 24.3 Å². The number of benzene rings is 1. The predicted octanol–water partition coefficient (Wildman–Crippen LogP) is 1.74. The number of carboxylic acid groups (broad SMARTS) is 1. The number of alkyl halides is 2. The van der Waals surface area contributed by atoms with Crippen molar-refractivity contribution >= 4 is 11.9 Å². The molecule has 0 bridgehead atoms. The molecule has 0 aliphatic carbocycles. The fourth-order valence-electron chi connectivity index (χ4n) is 1.28. The molecular weight excluding hydrogens is 260 g/mol. The van der Waals surface area contributed by atoms with Crippen molar-refractivity contribution in [3.05, 3.63) is 29.8 Å². The normalized spacial score (nSPS) is 12.0. The van der Waals surface area contributed by atoms with Crippen LogP contribution in [0, 0.1) is 5.92 Å². The maximum absolute atomic E-state index is 12.2. The van der Waals surface area contributed by atoms with Gasteiger partial charge in [0.15, 0.2) is 0 Å². The Morgan fingerprint density at radius 3 is 2.58 bits per heavy atom. The van der Waals surface area contributed by atoms with Gasteiger partial charge in [-0.2, -0.15) is 8.78 Å². The number of hydrogen-bond donors (Lipinski definition) is 2. The molecule has 0 radical (unpaired) electrons. The zero-order chi connectivity index (χ0) is 14.4. The van der Waals surface area contributed by atoms with Crippen LogP contribution >= 0.6 is 0 Å². The number of aliphatic carboxylic acids is 1. The van der Waals surface area contributed by atoms with E-state index in [-0.39, 0.29) is 17.9 Å². The molecule has 2 N–H and O–H groups in total. The molecule has 0 fully saturated rings. The Labute approximate surface area is 108 Å². The van der Waals surface area contributed by atoms with Crippen molar-refractivity contribution in [3.63, 3.8) is 0 Å². The number of amides is 1. The van der Waals surface area contributed by atoms with E-state index in [0.717, 1.165) is 0 Å². The molecule has 5 nitrogen and oxygen atoms in total. The highest BCUT2D eigenvalue weighted by molar-refractivity contribution is 5.97. The lowest BCUT2D eigenvalue weighted by atomic mass is 10.1. The van der Waals surface area contributed by atoms with Crippen LogP contribution in [0.2, 0.25) is 0 Å². The minimum Gasteiger partial charge on any atom is -0.481 e. The van der Waals surface area contributed by atoms with Crippen LogP contribution in [0.25, 0.3) is 0 Å². The maximum Gasteiger partial charge on any atom is 0.387 e. The average Bonchev–Trinajstić information content (AvgIpc) is 2.35. The summed E-state index contributed by atoms with van der Waals surface area (Å²) >= 11 is 0. The first-order chi connectivity index (χ1) is 8.91. The van der Waals surface area contributed by atoms with Crippen LogP contribution < -0.4 is 10.1 Å². The molecule has 0 heterocycles. The van der Waals surface area contributed by atoms with Crippen molar-refractivity contribution in [1.29, 1.82) is 0 Å². The summed E-state index contributed by atoms with van der Waals surface area (Å²) in [4.78, 5) is 22.3. The summed E-state index contributed by atoms with van der Waals surface area (Å²) < 4.78 is 28.5. The van der Waals surface area contributed by atoms with E-state index < -0.39 is 24.4 Å². The third-order valence-corrected chi connectivity index (χ3v) is 2.34. The first-order valence-electron chi connectivity index (χ1n) is 5.46. The molecule has 1 amide bonds. The number of carbonyl (C=O) groups excluding carboxylic acids is 1. The van der Waals surface area contributed by atoms with Crippen LogP contribution in [0.5, 0.6) is 5.75 Å². The minimum absolute atomic E-state index is 0.0691. The molecule has 1 unspecified atom stereocenters. The summed E-state index contributed by atoms with van der Waals surface area (Å²) in [6, 6.07) is 5.50. The lowest BCUT2D eigenvalue weighted by molar-refractivity contribution is -0.140. The summed E-state index contributed by atoms with van der Waals surface area (Å²) in [5.74, 6) is -2.74. The number of hydrogen-bond acceptors (Lipinski definition) is 3. The summed E-state index contributed by atoms with van der Waals surface area (Å²) in [5.41, 5.74) is -0.0691. The molecule has 0 aliphatic heterocycles. The van der Waals surface area contributed by atoms with Crippen molar-refractivity contribution < 1.29 is 28.2 Å². The topological polar surface area (TPSA) is 75.6 Å². The van der Waals surface area contributed by atoms with Crippen molar-refractivity contribution in [3.8, 4) is 5.75 Å². The number of carboxylic acids is 1. The van der Waals surface area contributed by atoms with E-state index in [1.165, 1.54) is 31.2 Å². The van der Waals surface area contributed by atoms with Crippen molar-refractivity contribution in [1.82, 2.24) is 5.32 Å². The van der Waals surface area contributed by atoms with Crippen LogP contribution in [-0.4, -0.2) is 30.1 Å². The molecule has 1 aromatic carbocycles. The Kier molecular flexibility index (Phi) is 5.23. The number of para-hydroxylation sites is 1. The number of carbonyl (C=O) groups is 2. The maximum atomic E-state index is 12.2. The largest absolute Gasteiger partial charge is 0.481 e. The first-order valence-corrected chi connectivity index (χ1v) is 5.46. The van der Waals surface area contributed by atoms with Gasteiger partial charge < -0.3 is 15.2 Å². The third kappa shape index (κ3) is 4.53. The first kappa shape index (κ1) is 14.9. The lowest BCUT2D eigenvalue weighted by Gasteiger charge is -2.12. The zero-order valence-corrected chi connectivity index (χ0v) is 10.1. The van der Waals surface area contributed by atoms with Gasteiger partial charge in [0.05, 0.1) is 11.5 Å². The second-order valence-electron chi connectivity index (χ2n) is 3.82. The molecule has 0 aromatic heterocycles. The monoisotopic (exact) mass is 273 g/mol. The highest BCUT2D eigenvalue weighted by atomic mass is 19.3. The molecule has 1 rings (SSSR count). The number of ether oxygens (including phenoxy) is 1. The SMILES string of the molecule is CC(CNC(=O)c1ccccc1OC(F)F)C(=O)O. The summed E-state index contributed by atoms with van der Waals surface area (Å²) in [6.45, 7) is -1.71. The van der Waals surface area contributed by atoms with Gasteiger partial charge in [0.1, 0.15) is 5.75 Å². The molecule has 0 saturated carbocycles. The molecule has 0 saturated heterocycles. The van der Waals surface area contributed by atoms with Gasteiger partial charge in [0.25, 0.3) is 5.91 Å². The smallest absolute Gasteiger partial charge is 0.387 e. The van der Waals surface area contributed by atoms with Gasteiger partial charge in [-0.05, 0) is 12.1 Å². The zero-order valence-electron chi connectivity index (χ0n) is 10.1. The second kappa shape index (κ2) is 6.67. The Hall–Kier alpha value is -2.18. The number of halogens is 2. The van der Waals surface area contributed by atoms with E-state index in [9.17, 15) is 18.4 Å². The molecule has 0 aliphatic rings. The molecule has 1 atom stereocenters. The van der Waals surface area contributed by atoms with Crippen LogP contribution in [-0.2, 0) is 4.79 Å². The van der Waals surface area contributed by atoms with Crippen molar-refractivity contribution in [2.24, 2.45) is 5.92 Å². The van der Waals surface area contributed by atoms with E-state index in [1.807, 2.05) is 0 Å². The minimum atomic E-state index is -3.04. The van der Waals surface area contributed by atoms with E-state index in [1.54, 1.807) is 0 Å². The van der Waals surface area contributed by atoms with Gasteiger partial charge in [-0.25, -0.2) is 0 Å². The number of nitrogens with one attached hydrogen (secondary N) is 1. The Bertz CT molecular complexity index is 465. The van der Waals surface area contributed by atoms with Crippen LogP contribution in [0.4, 0.5) is 8.78 Å². The van der Waals surface area contributed by atoms with Gasteiger partial charge in [-0.15, -0.1) is 0 Å². The second-order valence-corrected chi connectivity index (χ2v) is 3.82. The van der Waals surface area contributed by atoms with E-state index in [0.29, 0.717) is 0 Å². The van der Waals surface area contributed by atoms with Crippen LogP contribution in [0.3, 0.4) is 0 Å². The molecule has 7 heteroatoms. The summed E-state index contributed by atoms with van der Waals surface area (Å²) in [5, 5.41) is 11.0. The Morgan fingerprint density at radius 2 is 2.00 bits per heavy atom. The van der Waals surface area contributed by atoms with E-state index in [4.69, 9.17) is 5.11 Å². The van der Waals surface area contributed by atoms with Crippen molar-refractivity contribution in [2.75, 3.05) is 6.54 Å². The summed E-state index contributed by atoms with van der Waals surface area (Å²) in [7, 11) is 0. The molecule has 1 aromatic rings. The molecule has 19 heavy (non-hydrogen) atoms. The van der Waals surface area contributed by atoms with Crippen LogP contribution in [0.1, 0.15) is 17.3 Å². The highest BCUT2D eigenvalue weighted by Crippen LogP contribution is 2.20. The average molecular weight is 273 g/mol. The lowest BCUT2D eigenvalue weighted by Crippen LogP contribution is -2.31. The van der Waals surface area contributed by atoms with Gasteiger partial charge in [-0.3, -0.25) is 9.59 Å². The highest BCUT2D eigenvalue weighted by Gasteiger charge is 2.17. The quantitative estimate of drug-likeness (QED) is 0.827. The third-order valence-electron chi connectivity index (χ3n) is 2.34. The van der Waals surface area contributed by atoms with Gasteiger partial charge >= 0.3 is 12.6 Å². The predicted molar refractivity (Wildman–Crippen MR) is 62.2 cm³/mol. The molecule has 104 valence electrons. The fraction of sp³-hybridized carbons (Fsp3) is 0.333. The molecule has 0 spiro atoms. The standard InChI is InChI=1S/C12H13F2NO4/c1-7(11(17)18)6-15-10(16)8-4-2-3-5-9(8)19-12(13)14/h2-5,7,12H,6H2,1H3,(H,15,16)(H,17,18). The molecular formula is C12H13F2NO4. The Morgan fingerprint density at radius 1 is 1.37 bits per heavy atom. The van der Waals surface area contributed by atoms with Gasteiger partial charge in [0.2, 0.25) is 0 Å².